The van der Waals surface area contributed by atoms with Crippen molar-refractivity contribution in [3.05, 3.63) is 48.0 Å². The monoisotopic (exact) mass is 666 g/mol. The summed E-state index contributed by atoms with van der Waals surface area (Å²) in [6, 6.07) is -2.73. The summed E-state index contributed by atoms with van der Waals surface area (Å²) < 4.78 is 0. The molecule has 1 heterocycles. The summed E-state index contributed by atoms with van der Waals surface area (Å²) in [4.78, 5) is 82.0. The number of nitrogens with one attached hydrogen (secondary N) is 6. The molecule has 252 valence electrons. The van der Waals surface area contributed by atoms with Crippen molar-refractivity contribution >= 4 is 48.1 Å². The zero-order valence-electron chi connectivity index (χ0n) is 24.7. The lowest BCUT2D eigenvalue weighted by atomic mass is 10.0. The summed E-state index contributed by atoms with van der Waals surface area (Å²) in [6.45, 7) is -0.514. The van der Waals surface area contributed by atoms with Crippen LogP contribution in [0.25, 0.3) is 0 Å². The third-order valence-electron chi connectivity index (χ3n) is 6.52. The third kappa shape index (κ3) is 11.7. The molecule has 0 aliphatic carbocycles. The number of benzene rings is 1. The van der Waals surface area contributed by atoms with Gasteiger partial charge in [-0.1, -0.05) is 12.1 Å². The van der Waals surface area contributed by atoms with Gasteiger partial charge in [0.25, 0.3) is 0 Å². The van der Waals surface area contributed by atoms with Crippen molar-refractivity contribution in [3.63, 3.8) is 0 Å². The van der Waals surface area contributed by atoms with Crippen LogP contribution < -0.4 is 32.3 Å². The van der Waals surface area contributed by atoms with Gasteiger partial charge >= 0.3 is 5.97 Å². The van der Waals surface area contributed by atoms with Crippen LogP contribution in [0.2, 0.25) is 0 Å². The Morgan fingerprint density at radius 3 is 1.83 bits per heavy atom. The molecule has 0 aliphatic heterocycles. The molecular weight excluding hydrogens is 628 g/mol. The van der Waals surface area contributed by atoms with Gasteiger partial charge in [-0.05, 0) is 24.6 Å². The fourth-order valence-electron chi connectivity index (χ4n) is 3.88. The molecule has 0 spiro atoms. The molecule has 12 N–H and O–H groups in total. The molecule has 0 fully saturated rings. The summed E-state index contributed by atoms with van der Waals surface area (Å²) >= 11 is 3.84. The maximum absolute atomic E-state index is 13.2. The first-order chi connectivity index (χ1) is 21.8. The summed E-state index contributed by atoms with van der Waals surface area (Å²) in [6.07, 6.45) is 2.80. The summed E-state index contributed by atoms with van der Waals surface area (Å²) in [5, 5.41) is 49.7. The van der Waals surface area contributed by atoms with E-state index in [9.17, 15) is 44.1 Å². The van der Waals surface area contributed by atoms with E-state index in [4.69, 9.17) is 10.8 Å². The number of thiol groups is 1. The smallest absolute Gasteiger partial charge is 0.327 e. The number of aliphatic carboxylic acids is 1. The number of carboxylic acids is 1. The van der Waals surface area contributed by atoms with Gasteiger partial charge in [0.1, 0.15) is 36.0 Å². The van der Waals surface area contributed by atoms with E-state index in [-0.39, 0.29) is 24.3 Å². The quantitative estimate of drug-likeness (QED) is 0.0673. The number of aliphatic hydroxyl groups is 2. The minimum Gasteiger partial charge on any atom is -0.508 e. The molecular formula is C27H38N8O10S. The van der Waals surface area contributed by atoms with Crippen LogP contribution in [0.15, 0.2) is 36.8 Å². The lowest BCUT2D eigenvalue weighted by molar-refractivity contribution is -0.142. The molecule has 18 nitrogen and oxygen atoms in total. The molecule has 46 heavy (non-hydrogen) atoms. The number of rotatable bonds is 18. The number of phenolic OH excluding ortho intramolecular Hbond substituents is 1. The van der Waals surface area contributed by atoms with E-state index >= 15 is 0 Å². The number of phenols is 1. The standard InChI is InChI=1S/C27H38N8O10S/c1-13(31-23(40)17(28)7-15-8-29-12-30-15)22(39)33-19(9-36)25(42)32-18(6-14-2-4-16(38)5-3-14)24(41)34-20(10-37)26(43)35-21(11-46)27(44)45/h2-5,8,12-13,17-21,36-38,46H,6-7,9-11,28H2,1H3,(H,29,30)(H,31,40)(H,32,42)(H,33,39)(H,34,41)(H,35,43)(H,44,45)/t13-,17-,18-,19-,20-,21-/m0/s1. The molecule has 2 aromatic rings. The van der Waals surface area contributed by atoms with Crippen molar-refractivity contribution in [2.75, 3.05) is 19.0 Å². The second kappa shape index (κ2) is 18.3. The SMILES string of the molecule is C[C@H](NC(=O)[C@@H](N)Cc1cnc[nH]1)C(=O)N[C@@H](CO)C(=O)N[C@@H](Cc1ccc(O)cc1)C(=O)N[C@@H](CO)C(=O)N[C@@H](CS)C(=O)O. The van der Waals surface area contributed by atoms with Crippen molar-refractivity contribution in [1.82, 2.24) is 36.6 Å². The first kappa shape index (κ1) is 37.5. The molecule has 1 aromatic heterocycles. The predicted octanol–water partition coefficient (Wildman–Crippen LogP) is -4.33. The number of hydrogen-bond donors (Lipinski definition) is 12. The Kier molecular flexibility index (Phi) is 14.9. The number of amides is 5. The lowest BCUT2D eigenvalue weighted by Crippen LogP contribution is -2.60. The Morgan fingerprint density at radius 2 is 1.33 bits per heavy atom. The first-order valence-corrected chi connectivity index (χ1v) is 14.5. The van der Waals surface area contributed by atoms with Crippen molar-refractivity contribution in [2.24, 2.45) is 5.73 Å². The molecule has 0 saturated carbocycles. The number of carbonyl (C=O) groups is 6. The van der Waals surface area contributed by atoms with Crippen molar-refractivity contribution in [2.45, 2.75) is 56.0 Å². The predicted molar refractivity (Wildman–Crippen MR) is 163 cm³/mol. The average molecular weight is 667 g/mol. The van der Waals surface area contributed by atoms with Crippen molar-refractivity contribution < 1.29 is 49.2 Å². The Hall–Kier alpha value is -4.72. The van der Waals surface area contributed by atoms with E-state index in [1.165, 1.54) is 43.7 Å². The second-order valence-electron chi connectivity index (χ2n) is 10.1. The number of aliphatic hydroxyl groups excluding tert-OH is 2. The zero-order chi connectivity index (χ0) is 34.4. The van der Waals surface area contributed by atoms with Gasteiger partial charge in [0.15, 0.2) is 0 Å². The number of aromatic amines is 1. The van der Waals surface area contributed by atoms with Gasteiger partial charge in [0.05, 0.1) is 25.6 Å². The highest BCUT2D eigenvalue weighted by atomic mass is 32.1. The Morgan fingerprint density at radius 1 is 0.804 bits per heavy atom. The second-order valence-corrected chi connectivity index (χ2v) is 10.5. The highest BCUT2D eigenvalue weighted by molar-refractivity contribution is 7.80. The number of aromatic nitrogens is 2. The maximum atomic E-state index is 13.2. The van der Waals surface area contributed by atoms with Gasteiger partial charge in [-0.2, -0.15) is 12.6 Å². The van der Waals surface area contributed by atoms with Crippen LogP contribution in [0.1, 0.15) is 18.2 Å². The highest BCUT2D eigenvalue weighted by Gasteiger charge is 2.32. The number of nitrogens with zero attached hydrogens (tertiary/aromatic N) is 1. The molecule has 0 saturated heterocycles. The van der Waals surface area contributed by atoms with Gasteiger partial charge in [-0.3, -0.25) is 24.0 Å². The first-order valence-electron chi connectivity index (χ1n) is 13.9. The largest absolute Gasteiger partial charge is 0.508 e. The van der Waals surface area contributed by atoms with Gasteiger partial charge in [-0.25, -0.2) is 9.78 Å². The minimum absolute atomic E-state index is 0.0745. The molecule has 6 atom stereocenters. The molecule has 19 heteroatoms. The van der Waals surface area contributed by atoms with Crippen LogP contribution in [0.4, 0.5) is 0 Å². The molecule has 1 aromatic carbocycles. The van der Waals surface area contributed by atoms with Crippen molar-refractivity contribution in [1.29, 1.82) is 0 Å². The van der Waals surface area contributed by atoms with E-state index in [2.05, 4.69) is 49.2 Å². The number of imidazole rings is 1. The zero-order valence-corrected chi connectivity index (χ0v) is 25.6. The molecule has 0 radical (unpaired) electrons. The molecule has 0 unspecified atom stereocenters. The molecule has 2 rings (SSSR count). The molecule has 0 aliphatic rings. The van der Waals surface area contributed by atoms with Gasteiger partial charge in [0.2, 0.25) is 29.5 Å². The number of hydrogen-bond acceptors (Lipinski definition) is 12. The summed E-state index contributed by atoms with van der Waals surface area (Å²) in [7, 11) is 0. The number of aromatic hydroxyl groups is 1. The van der Waals surface area contributed by atoms with E-state index in [1.807, 2.05) is 0 Å². The van der Waals surface area contributed by atoms with Gasteiger partial charge in [0, 0.05) is 30.5 Å². The van der Waals surface area contributed by atoms with E-state index in [1.54, 1.807) is 0 Å². The van der Waals surface area contributed by atoms with Gasteiger partial charge < -0.3 is 57.7 Å². The molecule has 0 bridgehead atoms. The van der Waals surface area contributed by atoms with Crippen LogP contribution in [-0.2, 0) is 41.6 Å². The third-order valence-corrected chi connectivity index (χ3v) is 6.89. The fourth-order valence-corrected chi connectivity index (χ4v) is 4.12. The highest BCUT2D eigenvalue weighted by Crippen LogP contribution is 2.12. The van der Waals surface area contributed by atoms with Crippen molar-refractivity contribution in [3.8, 4) is 5.75 Å². The van der Waals surface area contributed by atoms with E-state index < -0.39 is 85.0 Å². The van der Waals surface area contributed by atoms with E-state index in [0.717, 1.165) is 0 Å². The van der Waals surface area contributed by atoms with Crippen LogP contribution in [0.3, 0.4) is 0 Å². The number of H-pyrrole nitrogens is 1. The summed E-state index contributed by atoms with van der Waals surface area (Å²) in [5.74, 6) is -6.31. The normalized spacial score (nSPS) is 14.8. The maximum Gasteiger partial charge on any atom is 0.327 e. The van der Waals surface area contributed by atoms with Crippen LogP contribution in [-0.4, -0.2) is 121 Å². The van der Waals surface area contributed by atoms with Crippen LogP contribution in [0.5, 0.6) is 5.75 Å². The Bertz CT molecular complexity index is 1340. The van der Waals surface area contributed by atoms with Gasteiger partial charge in [-0.15, -0.1) is 0 Å². The van der Waals surface area contributed by atoms with Crippen LogP contribution >= 0.6 is 12.6 Å². The number of nitrogens with two attached hydrogens (primary N) is 1. The topological polar surface area (TPSA) is 298 Å². The lowest BCUT2D eigenvalue weighted by Gasteiger charge is -2.25. The molecule has 5 amide bonds. The number of carboxylic acid groups (broad SMARTS) is 1. The summed E-state index contributed by atoms with van der Waals surface area (Å²) in [5.41, 5.74) is 6.91. The number of carbonyl (C=O) groups excluding carboxylic acids is 5. The minimum atomic E-state index is -1.62. The Balaban J connectivity index is 2.12. The fraction of sp³-hybridized carbons (Fsp3) is 0.444. The average Bonchev–Trinajstić information content (AvgIpc) is 3.54. The van der Waals surface area contributed by atoms with Crippen LogP contribution in [0, 0.1) is 0 Å². The van der Waals surface area contributed by atoms with E-state index in [0.29, 0.717) is 11.3 Å². The Labute approximate surface area is 268 Å².